The topological polar surface area (TPSA) is 89.4 Å². The third kappa shape index (κ3) is 3.49. The molecule has 7 nitrogen and oxygen atoms in total. The van der Waals surface area contributed by atoms with Crippen LogP contribution >= 0.6 is 0 Å². The number of aromatic nitrogens is 2. The molecular formula is C20H23N3O4. The van der Waals surface area contributed by atoms with Gasteiger partial charge in [-0.3, -0.25) is 4.79 Å². The van der Waals surface area contributed by atoms with Crippen LogP contribution in [0, 0.1) is 0 Å². The number of fused-ring (bicyclic) bond motifs is 3. The number of hydrogen-bond acceptors (Lipinski definition) is 5. The molecule has 1 aliphatic rings. The summed E-state index contributed by atoms with van der Waals surface area (Å²) in [5.41, 5.74) is 3.47. The molecule has 1 aromatic carbocycles. The average Bonchev–Trinajstić information content (AvgIpc) is 3.30. The Hall–Kier alpha value is -2.96. The molecule has 0 saturated heterocycles. The van der Waals surface area contributed by atoms with E-state index in [1.807, 2.05) is 12.1 Å². The lowest BCUT2D eigenvalue weighted by Gasteiger charge is -2.23. The molecule has 27 heavy (non-hydrogen) atoms. The van der Waals surface area contributed by atoms with Gasteiger partial charge in [0.15, 0.2) is 0 Å². The molecule has 0 saturated carbocycles. The first-order chi connectivity index (χ1) is 13.2. The van der Waals surface area contributed by atoms with Crippen molar-refractivity contribution in [3.05, 3.63) is 41.3 Å². The van der Waals surface area contributed by atoms with E-state index in [-0.39, 0.29) is 11.9 Å². The van der Waals surface area contributed by atoms with Crippen LogP contribution < -0.4 is 14.8 Å². The Balaban J connectivity index is 1.46. The standard InChI is InChI=1S/C20H23N3O4/c1-25-12-6-8-16-15(10-12)14-4-3-5-17(20(14)22-16)21-18(24)9-7-13-11-19(26-2)23-27-13/h6,8,10-11,17,22H,3-5,7,9H2,1-2H3,(H,21,24). The fraction of sp³-hybridized carbons (Fsp3) is 0.400. The predicted molar refractivity (Wildman–Crippen MR) is 100 cm³/mol. The SMILES string of the molecule is COc1ccc2[nH]c3c(c2c1)CCCC3NC(=O)CCc1cc(OC)no1. The molecular weight excluding hydrogens is 346 g/mol. The minimum absolute atomic E-state index is 0.000506. The molecule has 142 valence electrons. The molecule has 0 bridgehead atoms. The van der Waals surface area contributed by atoms with Crippen LogP contribution in [0.2, 0.25) is 0 Å². The van der Waals surface area contributed by atoms with Gasteiger partial charge < -0.3 is 24.3 Å². The van der Waals surface area contributed by atoms with Crippen LogP contribution in [0.1, 0.15) is 42.3 Å². The minimum Gasteiger partial charge on any atom is -0.497 e. The number of hydrogen-bond donors (Lipinski definition) is 2. The number of nitrogens with zero attached hydrogens (tertiary/aromatic N) is 1. The zero-order chi connectivity index (χ0) is 18.8. The third-order valence-corrected chi connectivity index (χ3v) is 5.09. The first-order valence-corrected chi connectivity index (χ1v) is 9.15. The Morgan fingerprint density at radius 1 is 1.33 bits per heavy atom. The quantitative estimate of drug-likeness (QED) is 0.696. The molecule has 0 radical (unpaired) electrons. The zero-order valence-electron chi connectivity index (χ0n) is 15.5. The van der Waals surface area contributed by atoms with E-state index in [2.05, 4.69) is 21.5 Å². The maximum Gasteiger partial charge on any atom is 0.254 e. The summed E-state index contributed by atoms with van der Waals surface area (Å²) in [6, 6.07) is 7.75. The highest BCUT2D eigenvalue weighted by Gasteiger charge is 2.25. The Bertz CT molecular complexity index is 959. The molecule has 1 amide bonds. The fourth-order valence-corrected chi connectivity index (χ4v) is 3.72. The lowest BCUT2D eigenvalue weighted by molar-refractivity contribution is -0.122. The molecule has 0 aliphatic heterocycles. The number of carbonyl (C=O) groups is 1. The summed E-state index contributed by atoms with van der Waals surface area (Å²) in [5.74, 6) is 1.91. The van der Waals surface area contributed by atoms with E-state index in [9.17, 15) is 4.79 Å². The molecule has 2 aromatic heterocycles. The van der Waals surface area contributed by atoms with Gasteiger partial charge in [-0.1, -0.05) is 0 Å². The van der Waals surface area contributed by atoms with E-state index in [1.165, 1.54) is 18.1 Å². The van der Waals surface area contributed by atoms with Crippen LogP contribution in [0.5, 0.6) is 11.6 Å². The molecule has 1 atom stereocenters. The summed E-state index contributed by atoms with van der Waals surface area (Å²) >= 11 is 0. The highest BCUT2D eigenvalue weighted by Crippen LogP contribution is 2.36. The third-order valence-electron chi connectivity index (χ3n) is 5.09. The van der Waals surface area contributed by atoms with Crippen LogP contribution in [0.4, 0.5) is 0 Å². The summed E-state index contributed by atoms with van der Waals surface area (Å²) in [6.45, 7) is 0. The van der Waals surface area contributed by atoms with Crippen LogP contribution in [-0.2, 0) is 17.6 Å². The van der Waals surface area contributed by atoms with E-state index in [0.717, 1.165) is 36.2 Å². The van der Waals surface area contributed by atoms with Gasteiger partial charge in [0.1, 0.15) is 11.5 Å². The summed E-state index contributed by atoms with van der Waals surface area (Å²) < 4.78 is 15.5. The van der Waals surface area contributed by atoms with Gasteiger partial charge >= 0.3 is 0 Å². The highest BCUT2D eigenvalue weighted by molar-refractivity contribution is 5.87. The maximum atomic E-state index is 12.4. The number of carbonyl (C=O) groups excluding carboxylic acids is 1. The number of aromatic amines is 1. The van der Waals surface area contributed by atoms with Gasteiger partial charge in [-0.05, 0) is 48.2 Å². The van der Waals surface area contributed by atoms with Gasteiger partial charge in [-0.2, -0.15) is 0 Å². The van der Waals surface area contributed by atoms with Gasteiger partial charge in [0, 0.05) is 35.5 Å². The molecule has 1 unspecified atom stereocenters. The van der Waals surface area contributed by atoms with Crippen molar-refractivity contribution < 1.29 is 18.8 Å². The van der Waals surface area contributed by atoms with E-state index in [1.54, 1.807) is 13.2 Å². The summed E-state index contributed by atoms with van der Waals surface area (Å²) in [5, 5.41) is 8.09. The highest BCUT2D eigenvalue weighted by atomic mass is 16.5. The number of methoxy groups -OCH3 is 2. The molecule has 2 N–H and O–H groups in total. The van der Waals surface area contributed by atoms with Crippen LogP contribution in [0.25, 0.3) is 10.9 Å². The summed E-state index contributed by atoms with van der Waals surface area (Å²) in [7, 11) is 3.21. The Labute approximate surface area is 157 Å². The smallest absolute Gasteiger partial charge is 0.254 e. The number of amides is 1. The number of aryl methyl sites for hydroxylation is 2. The lowest BCUT2D eigenvalue weighted by Crippen LogP contribution is -2.31. The van der Waals surface area contributed by atoms with Crippen molar-refractivity contribution in [2.45, 2.75) is 38.1 Å². The fourth-order valence-electron chi connectivity index (χ4n) is 3.72. The van der Waals surface area contributed by atoms with Crippen molar-refractivity contribution in [1.29, 1.82) is 0 Å². The maximum absolute atomic E-state index is 12.4. The Morgan fingerprint density at radius 3 is 3.00 bits per heavy atom. The van der Waals surface area contributed by atoms with Crippen LogP contribution in [0.15, 0.2) is 28.8 Å². The first-order valence-electron chi connectivity index (χ1n) is 9.15. The van der Waals surface area contributed by atoms with Gasteiger partial charge in [0.2, 0.25) is 5.91 Å². The number of nitrogens with one attached hydrogen (secondary N) is 2. The largest absolute Gasteiger partial charge is 0.497 e. The van der Waals surface area contributed by atoms with Crippen molar-refractivity contribution >= 4 is 16.8 Å². The number of H-pyrrole nitrogens is 1. The molecule has 3 aromatic rings. The Kier molecular flexibility index (Phi) is 4.75. The lowest BCUT2D eigenvalue weighted by atomic mass is 9.91. The molecule has 4 rings (SSSR count). The van der Waals surface area contributed by atoms with E-state index in [4.69, 9.17) is 14.0 Å². The van der Waals surface area contributed by atoms with Crippen LogP contribution in [0.3, 0.4) is 0 Å². The van der Waals surface area contributed by atoms with Crippen molar-refractivity contribution in [2.75, 3.05) is 14.2 Å². The summed E-state index contributed by atoms with van der Waals surface area (Å²) in [6.07, 6.45) is 3.82. The van der Waals surface area contributed by atoms with Gasteiger partial charge in [0.25, 0.3) is 5.88 Å². The number of rotatable bonds is 6. The molecule has 0 fully saturated rings. The van der Waals surface area contributed by atoms with Crippen molar-refractivity contribution in [1.82, 2.24) is 15.5 Å². The normalized spacial score (nSPS) is 16.1. The minimum atomic E-state index is -0.000506. The second-order valence-electron chi connectivity index (χ2n) is 6.78. The van der Waals surface area contributed by atoms with Crippen molar-refractivity contribution in [3.8, 4) is 11.6 Å². The first kappa shape index (κ1) is 17.5. The van der Waals surface area contributed by atoms with Gasteiger partial charge in [-0.25, -0.2) is 0 Å². The Morgan fingerprint density at radius 2 is 2.22 bits per heavy atom. The van der Waals surface area contributed by atoms with Gasteiger partial charge in [0.05, 0.1) is 20.3 Å². The predicted octanol–water partition coefficient (Wildman–Crippen LogP) is 3.30. The average molecular weight is 369 g/mol. The van der Waals surface area contributed by atoms with E-state index in [0.29, 0.717) is 24.5 Å². The van der Waals surface area contributed by atoms with Crippen LogP contribution in [-0.4, -0.2) is 30.3 Å². The molecule has 1 aliphatic carbocycles. The zero-order valence-corrected chi connectivity index (χ0v) is 15.5. The second kappa shape index (κ2) is 7.34. The molecule has 0 spiro atoms. The van der Waals surface area contributed by atoms with Crippen molar-refractivity contribution in [3.63, 3.8) is 0 Å². The monoisotopic (exact) mass is 369 g/mol. The molecule has 2 heterocycles. The van der Waals surface area contributed by atoms with E-state index < -0.39 is 0 Å². The van der Waals surface area contributed by atoms with E-state index >= 15 is 0 Å². The second-order valence-corrected chi connectivity index (χ2v) is 6.78. The number of benzene rings is 1. The van der Waals surface area contributed by atoms with Crippen molar-refractivity contribution in [2.24, 2.45) is 0 Å². The number of ether oxygens (including phenoxy) is 2. The summed E-state index contributed by atoms with van der Waals surface area (Å²) in [4.78, 5) is 15.9. The molecule has 7 heteroatoms. The van der Waals surface area contributed by atoms with Gasteiger partial charge in [-0.15, -0.1) is 0 Å².